The number of nitrogens with zero attached hydrogens (tertiary/aromatic N) is 9. The van der Waals surface area contributed by atoms with Gasteiger partial charge in [-0.2, -0.15) is 0 Å². The Hall–Kier alpha value is -8.54. The van der Waals surface area contributed by atoms with Gasteiger partial charge in [0.05, 0.1) is 74.1 Å². The van der Waals surface area contributed by atoms with E-state index >= 15 is 0 Å². The van der Waals surface area contributed by atoms with Crippen LogP contribution in [0.25, 0.3) is 33.1 Å². The Morgan fingerprint density at radius 2 is 0.696 bits per heavy atom. The summed E-state index contributed by atoms with van der Waals surface area (Å²) in [6, 6.07) is 11.8. The van der Waals surface area contributed by atoms with Gasteiger partial charge < -0.3 is 87.7 Å². The minimum Gasteiger partial charge on any atom is -0.540 e. The molecule has 6 amide bonds. The van der Waals surface area contributed by atoms with Crippen LogP contribution < -0.4 is 44.4 Å². The molecule has 135 heavy (non-hydrogen) atoms. The topological polar surface area (TPSA) is 360 Å². The fraction of sp³-hybridized carbons (Fsp3) is 0.676. The van der Waals surface area contributed by atoms with E-state index in [9.17, 15) is 43.2 Å². The predicted octanol–water partition coefficient (Wildman–Crippen LogP) is 15.8. The zero-order valence-electron chi connectivity index (χ0n) is 81.4. The standard InChI is InChI=1S/C35H47N4O6.C34H45N4O6.C33H43N4O6.3V/c1-21-26(20-40)39-19-27(21)44-30-28(36-24-13-12-23(43-6)18-25(24)37-30)35(16-17-35)15-8-7-10-22-11-9-14-34(22,5)45-32(42)38-29(31(39)41)33(2,3)4;1-20-25(19-39)38-18-27(20)43-30-28(35-23-13-12-22(42-5)17-24(23)36-30)34(15-16-34)14-7-6-9-21-10-8-11-26(21)44-32(41)37-29(31(38)40)33(2,3)4;1-19-24(18-38)37-17-25(19)42-28-26(34-22-11-10-21(41-6)15-23(22)35-28)33(13-14-33)12-8-7-9-20-16-32(20,5)43-30(40)36-27(29(37)39)31(2,3)4;;;/h12-13,18,21-22,26-27,29H,7-11,14-17,19H2,1-6H3,(H,38,42);12-13,17,20-21,25-27,29H,6-11,14-16,18H2,1-5H3,(H,37,41);10-11,15,19-20,24-25,27H,7-9,12-14,16-17H2,1-6H3,(H,36,40);;;/q3*-1;;;/t21-,22+,26+,27-,29+,34+;20-,21+,25+,26+,27-,29+;19-,20+,24+,25-,27+,32+;;;/m000.../s1. The van der Waals surface area contributed by atoms with Crippen molar-refractivity contribution in [3.63, 3.8) is 0 Å². The van der Waals surface area contributed by atoms with Crippen LogP contribution in [0.1, 0.15) is 275 Å². The monoisotopic (exact) mass is 1970 g/mol. The number of rotatable bonds is 6. The van der Waals surface area contributed by atoms with Gasteiger partial charge in [-0.3, -0.25) is 14.4 Å². The van der Waals surface area contributed by atoms with Crippen molar-refractivity contribution in [1.82, 2.24) is 60.6 Å². The molecule has 33 heteroatoms. The summed E-state index contributed by atoms with van der Waals surface area (Å²) < 4.78 is 54.4. The van der Waals surface area contributed by atoms with Gasteiger partial charge in [0.1, 0.15) is 88.1 Å². The number of methoxy groups -OCH3 is 3. The number of carbonyl (C=O) groups is 6. The van der Waals surface area contributed by atoms with E-state index in [2.05, 4.69) is 34.8 Å². The van der Waals surface area contributed by atoms with Crippen molar-refractivity contribution in [2.75, 3.05) is 41.0 Å². The molecule has 6 aliphatic carbocycles. The first-order valence-corrected chi connectivity index (χ1v) is 48.4. The Balaban J connectivity index is 0.000000170. The maximum atomic E-state index is 14.2. The first-order chi connectivity index (χ1) is 62.8. The van der Waals surface area contributed by atoms with Crippen molar-refractivity contribution in [2.24, 2.45) is 51.8 Å². The Morgan fingerprint density at radius 3 is 1.04 bits per heavy atom. The van der Waals surface area contributed by atoms with E-state index in [-0.39, 0.29) is 139 Å². The molecule has 3 aromatic heterocycles. The molecule has 3 aromatic carbocycles. The summed E-state index contributed by atoms with van der Waals surface area (Å²) >= 11 is 0. The fourth-order valence-electron chi connectivity index (χ4n) is 22.2. The molecule has 9 fully saturated rings. The Kier molecular flexibility index (Phi) is 31.6. The summed E-state index contributed by atoms with van der Waals surface area (Å²) in [4.78, 5) is 154. The van der Waals surface area contributed by atoms with Crippen LogP contribution in [0.3, 0.4) is 0 Å². The molecule has 18 atom stereocenters. The summed E-state index contributed by atoms with van der Waals surface area (Å²) in [5.74, 6) is 2.15. The second-order valence-corrected chi connectivity index (χ2v) is 43.8. The minimum absolute atomic E-state index is 0. The number of hydrogen-bond acceptors (Lipinski definition) is 24. The number of fused-ring (bicyclic) bond motifs is 18. The van der Waals surface area contributed by atoms with Gasteiger partial charge >= 0.3 is 18.3 Å². The van der Waals surface area contributed by atoms with Crippen molar-refractivity contribution in [3.05, 3.63) is 71.7 Å². The predicted molar refractivity (Wildman–Crippen MR) is 493 cm³/mol. The molecule has 3 radical (unpaired) electrons. The van der Waals surface area contributed by atoms with Gasteiger partial charge in [-0.1, -0.05) is 140 Å². The van der Waals surface area contributed by atoms with Gasteiger partial charge in [0.2, 0.25) is 35.4 Å². The molecule has 3 N–H and O–H groups in total. The molecule has 12 aliphatic rings. The van der Waals surface area contributed by atoms with Gasteiger partial charge in [-0.05, 0) is 218 Å². The van der Waals surface area contributed by atoms with Crippen molar-refractivity contribution in [3.8, 4) is 34.9 Å². The fourth-order valence-corrected chi connectivity index (χ4v) is 22.2. The summed E-state index contributed by atoms with van der Waals surface area (Å²) in [7, 11) is 4.85. The molecule has 3 spiro atoms. The molecule has 6 aromatic rings. The molecule has 18 rings (SSSR count). The van der Waals surface area contributed by atoms with Gasteiger partial charge in [0, 0.05) is 96.0 Å². The first-order valence-electron chi connectivity index (χ1n) is 48.4. The zero-order chi connectivity index (χ0) is 94.1. The number of nitrogens with one attached hydrogen (secondary N) is 3. The molecule has 9 heterocycles. The van der Waals surface area contributed by atoms with Crippen molar-refractivity contribution < 1.29 is 141 Å². The quantitative estimate of drug-likeness (QED) is 0.103. The third-order valence-electron chi connectivity index (χ3n) is 31.4. The van der Waals surface area contributed by atoms with Crippen LogP contribution in [-0.4, -0.2) is 212 Å². The SMILES string of the molecule is COc1ccc2nc3c(nc2c1)O[C@H]1CN(C(=O)[C@H](C(C)(C)C)NC(=O)O[C@@H]2CCC[C@H]2CCCCC32CC2)[C@H]([C-]=O)[C@@H]1C.COc1ccc2nc3c(nc2c1)O[C@H]1CN(C(=O)[C@H](C(C)(C)C)NC(=O)O[C@]2(C)CCC[C@H]2CCCCC32CC2)[C@H]([C-]=O)[C@@H]1C.COc1ccc2nc3c(nc2c1)O[C@H]1CN(C(=O)[C@H](C(C)(C)C)NC(=O)O[C@]2(C)C[C@H]2CCCCC32CC2)[C@H]([C-]=O)[C@@H]1C.[V].[V].[V]. The smallest absolute Gasteiger partial charge is 0.408 e. The van der Waals surface area contributed by atoms with Crippen molar-refractivity contribution >= 4 is 88.0 Å². The van der Waals surface area contributed by atoms with Crippen LogP contribution in [-0.2, 0) is 115 Å². The summed E-state index contributed by atoms with van der Waals surface area (Å²) in [6.45, 7) is 27.2. The van der Waals surface area contributed by atoms with Gasteiger partial charge in [0.25, 0.3) is 0 Å². The van der Waals surface area contributed by atoms with Crippen LogP contribution in [0.15, 0.2) is 54.6 Å². The van der Waals surface area contributed by atoms with Crippen LogP contribution in [0, 0.1) is 51.8 Å². The van der Waals surface area contributed by atoms with Crippen LogP contribution in [0.5, 0.6) is 34.9 Å². The minimum atomic E-state index is -0.910. The maximum Gasteiger partial charge on any atom is 0.408 e. The van der Waals surface area contributed by atoms with E-state index in [0.717, 1.165) is 194 Å². The summed E-state index contributed by atoms with van der Waals surface area (Å²) in [6.07, 6.45) is 27.4. The van der Waals surface area contributed by atoms with Crippen molar-refractivity contribution in [2.45, 2.75) is 346 Å². The molecular formula is C102H135N12O18V3-3. The van der Waals surface area contributed by atoms with Crippen molar-refractivity contribution in [1.29, 1.82) is 0 Å². The van der Waals surface area contributed by atoms with Crippen LogP contribution in [0.2, 0.25) is 0 Å². The summed E-state index contributed by atoms with van der Waals surface area (Å²) in [5, 5.41) is 8.62. The second kappa shape index (κ2) is 41.1. The average molecular weight is 1970 g/mol. The Bertz CT molecular complexity index is 5370. The maximum absolute atomic E-state index is 14.2. The van der Waals surface area contributed by atoms with E-state index in [0.29, 0.717) is 63.3 Å². The van der Waals surface area contributed by atoms with E-state index in [1.807, 2.05) is 152 Å². The molecule has 6 saturated carbocycles. The second-order valence-electron chi connectivity index (χ2n) is 43.8. The largest absolute Gasteiger partial charge is 0.540 e. The van der Waals surface area contributed by atoms with E-state index in [4.69, 9.17) is 72.5 Å². The number of ether oxygens (including phenoxy) is 9. The van der Waals surface area contributed by atoms with E-state index < -0.39 is 100 Å². The summed E-state index contributed by atoms with van der Waals surface area (Å²) in [5.41, 5.74) is 3.55. The molecule has 729 valence electrons. The Labute approximate surface area is 829 Å². The number of alkyl carbamates (subject to hydrolysis) is 3. The molecule has 6 aliphatic heterocycles. The average Bonchev–Trinajstić information content (AvgIpc) is 1.59. The third kappa shape index (κ3) is 21.9. The number of carbonyl (C=O) groups excluding carboxylic acids is 9. The number of hydrogen-bond donors (Lipinski definition) is 3. The van der Waals surface area contributed by atoms with E-state index in [1.54, 1.807) is 21.3 Å². The zero-order valence-corrected chi connectivity index (χ0v) is 85.6. The number of benzene rings is 3. The third-order valence-corrected chi connectivity index (χ3v) is 31.4. The number of amides is 6. The van der Waals surface area contributed by atoms with Gasteiger partial charge in [-0.15, -0.1) is 0 Å². The molecular weight excluding hydrogens is 1830 g/mol. The molecule has 6 bridgehead atoms. The number of aromatic nitrogens is 6. The normalized spacial score (nSPS) is 31.0. The first kappa shape index (κ1) is 104. The Morgan fingerprint density at radius 1 is 0.370 bits per heavy atom. The van der Waals surface area contributed by atoms with Crippen LogP contribution >= 0.6 is 0 Å². The molecule has 0 unspecified atom stereocenters. The molecule has 30 nitrogen and oxygen atoms in total. The van der Waals surface area contributed by atoms with Gasteiger partial charge in [0.15, 0.2) is 0 Å². The molecule has 3 saturated heterocycles. The van der Waals surface area contributed by atoms with E-state index in [1.165, 1.54) is 14.7 Å². The van der Waals surface area contributed by atoms with Gasteiger partial charge in [-0.25, -0.2) is 63.1 Å². The van der Waals surface area contributed by atoms with Crippen LogP contribution in [0.4, 0.5) is 14.4 Å².